The lowest BCUT2D eigenvalue weighted by Crippen LogP contribution is -2.46. The van der Waals surface area contributed by atoms with Crippen LogP contribution in [0.4, 0.5) is 11.4 Å². The average Bonchev–Trinajstić information content (AvgIpc) is 2.63. The minimum atomic E-state index is 0.0231. The van der Waals surface area contributed by atoms with Gasteiger partial charge in [-0.15, -0.1) is 0 Å². The highest BCUT2D eigenvalue weighted by molar-refractivity contribution is 5.92. The zero-order chi connectivity index (χ0) is 17.6. The monoisotopic (exact) mass is 337 g/mol. The summed E-state index contributed by atoms with van der Waals surface area (Å²) < 4.78 is 0. The van der Waals surface area contributed by atoms with Gasteiger partial charge in [-0.1, -0.05) is 37.3 Å². The van der Waals surface area contributed by atoms with Crippen molar-refractivity contribution in [2.45, 2.75) is 20.3 Å². The molecule has 0 saturated carbocycles. The Balaban J connectivity index is 1.61. The van der Waals surface area contributed by atoms with Crippen molar-refractivity contribution in [1.82, 2.24) is 4.90 Å². The smallest absolute Gasteiger partial charge is 0.228 e. The molecule has 1 aliphatic heterocycles. The van der Waals surface area contributed by atoms with Crippen LogP contribution < -0.4 is 10.2 Å². The number of piperazine rings is 1. The first-order valence-electron chi connectivity index (χ1n) is 9.07. The lowest BCUT2D eigenvalue weighted by Gasteiger charge is -2.36. The molecule has 25 heavy (non-hydrogen) atoms. The predicted octanol–water partition coefficient (Wildman–Crippen LogP) is 3.32. The molecule has 0 spiro atoms. The number of anilines is 2. The van der Waals surface area contributed by atoms with E-state index in [0.717, 1.165) is 44.0 Å². The van der Waals surface area contributed by atoms with Crippen molar-refractivity contribution < 1.29 is 4.79 Å². The van der Waals surface area contributed by atoms with E-state index < -0.39 is 0 Å². The number of hydrogen-bond acceptors (Lipinski definition) is 3. The van der Waals surface area contributed by atoms with Gasteiger partial charge in [0.1, 0.15) is 0 Å². The van der Waals surface area contributed by atoms with Crippen molar-refractivity contribution in [2.75, 3.05) is 42.9 Å². The molecule has 1 heterocycles. The molecule has 2 aromatic rings. The Kier molecular flexibility index (Phi) is 5.71. The molecule has 0 unspecified atom stereocenters. The summed E-state index contributed by atoms with van der Waals surface area (Å²) in [5, 5.41) is 3.01. The summed E-state index contributed by atoms with van der Waals surface area (Å²) in [6.07, 6.45) is 0.403. The standard InChI is InChI=1S/C21H27N3O/c1-3-23-11-13-24(14-12-23)20-10-9-19(15-17(20)2)22-21(25)16-18-7-5-4-6-8-18/h4-10,15H,3,11-14,16H2,1-2H3,(H,22,25). The second-order valence-electron chi connectivity index (χ2n) is 6.63. The quantitative estimate of drug-likeness (QED) is 0.909. The van der Waals surface area contributed by atoms with E-state index in [1.807, 2.05) is 36.4 Å². The molecule has 0 radical (unpaired) electrons. The highest BCUT2D eigenvalue weighted by atomic mass is 16.1. The molecule has 1 N–H and O–H groups in total. The van der Waals surface area contributed by atoms with Gasteiger partial charge in [0.15, 0.2) is 0 Å². The second kappa shape index (κ2) is 8.17. The zero-order valence-electron chi connectivity index (χ0n) is 15.2. The first-order chi connectivity index (χ1) is 12.2. The van der Waals surface area contributed by atoms with Crippen molar-refractivity contribution >= 4 is 17.3 Å². The topological polar surface area (TPSA) is 35.6 Å². The van der Waals surface area contributed by atoms with Crippen LogP contribution in [0.15, 0.2) is 48.5 Å². The van der Waals surface area contributed by atoms with E-state index in [-0.39, 0.29) is 5.91 Å². The molecule has 3 rings (SSSR count). The number of benzene rings is 2. The highest BCUT2D eigenvalue weighted by Crippen LogP contribution is 2.25. The summed E-state index contributed by atoms with van der Waals surface area (Å²) in [4.78, 5) is 17.1. The van der Waals surface area contributed by atoms with Crippen LogP contribution in [0.1, 0.15) is 18.1 Å². The van der Waals surface area contributed by atoms with Crippen LogP contribution in [0.2, 0.25) is 0 Å². The molecule has 4 nitrogen and oxygen atoms in total. The fourth-order valence-electron chi connectivity index (χ4n) is 3.38. The second-order valence-corrected chi connectivity index (χ2v) is 6.63. The third-order valence-corrected chi connectivity index (χ3v) is 4.85. The van der Waals surface area contributed by atoms with Gasteiger partial charge in [-0.2, -0.15) is 0 Å². The number of likely N-dealkylation sites (N-methyl/N-ethyl adjacent to an activating group) is 1. The molecular weight excluding hydrogens is 310 g/mol. The van der Waals surface area contributed by atoms with Gasteiger partial charge in [-0.05, 0) is 42.8 Å². The Labute approximate surface area is 150 Å². The number of amides is 1. The van der Waals surface area contributed by atoms with Crippen molar-refractivity contribution in [2.24, 2.45) is 0 Å². The van der Waals surface area contributed by atoms with Gasteiger partial charge in [0.25, 0.3) is 0 Å². The van der Waals surface area contributed by atoms with Crippen LogP contribution >= 0.6 is 0 Å². The molecule has 1 saturated heterocycles. The normalized spacial score (nSPS) is 15.2. The lowest BCUT2D eigenvalue weighted by atomic mass is 10.1. The van der Waals surface area contributed by atoms with Crippen LogP contribution in [0.3, 0.4) is 0 Å². The van der Waals surface area contributed by atoms with Gasteiger partial charge in [0.2, 0.25) is 5.91 Å². The minimum absolute atomic E-state index is 0.0231. The number of aryl methyl sites for hydroxylation is 1. The summed E-state index contributed by atoms with van der Waals surface area (Å²) in [5.41, 5.74) is 4.38. The van der Waals surface area contributed by atoms with E-state index in [9.17, 15) is 4.79 Å². The summed E-state index contributed by atoms with van der Waals surface area (Å²) in [6.45, 7) is 9.82. The Morgan fingerprint density at radius 2 is 1.76 bits per heavy atom. The minimum Gasteiger partial charge on any atom is -0.369 e. The van der Waals surface area contributed by atoms with E-state index in [1.165, 1.54) is 11.3 Å². The number of carbonyl (C=O) groups is 1. The van der Waals surface area contributed by atoms with E-state index in [1.54, 1.807) is 0 Å². The molecule has 0 aliphatic carbocycles. The van der Waals surface area contributed by atoms with Crippen LogP contribution in [-0.2, 0) is 11.2 Å². The lowest BCUT2D eigenvalue weighted by molar-refractivity contribution is -0.115. The number of nitrogens with one attached hydrogen (secondary N) is 1. The largest absolute Gasteiger partial charge is 0.369 e. The zero-order valence-corrected chi connectivity index (χ0v) is 15.2. The van der Waals surface area contributed by atoms with E-state index in [4.69, 9.17) is 0 Å². The third kappa shape index (κ3) is 4.60. The van der Waals surface area contributed by atoms with E-state index >= 15 is 0 Å². The van der Waals surface area contributed by atoms with Crippen molar-refractivity contribution in [3.8, 4) is 0 Å². The summed E-state index contributed by atoms with van der Waals surface area (Å²) in [7, 11) is 0. The van der Waals surface area contributed by atoms with Gasteiger partial charge in [0.05, 0.1) is 6.42 Å². The fraction of sp³-hybridized carbons (Fsp3) is 0.381. The number of rotatable bonds is 5. The van der Waals surface area contributed by atoms with E-state index in [2.05, 4.69) is 41.1 Å². The summed E-state index contributed by atoms with van der Waals surface area (Å²) >= 11 is 0. The number of nitrogens with zero attached hydrogens (tertiary/aromatic N) is 2. The van der Waals surface area contributed by atoms with Gasteiger partial charge in [0, 0.05) is 37.6 Å². The van der Waals surface area contributed by atoms with Crippen molar-refractivity contribution in [3.63, 3.8) is 0 Å². The van der Waals surface area contributed by atoms with Gasteiger partial charge in [-0.25, -0.2) is 0 Å². The Bertz CT molecular complexity index is 706. The molecular formula is C21H27N3O. The molecule has 1 amide bonds. The average molecular weight is 337 g/mol. The number of hydrogen-bond donors (Lipinski definition) is 1. The first-order valence-corrected chi connectivity index (χ1v) is 9.07. The van der Waals surface area contributed by atoms with Gasteiger partial charge in [-0.3, -0.25) is 4.79 Å². The maximum absolute atomic E-state index is 12.2. The SMILES string of the molecule is CCN1CCN(c2ccc(NC(=O)Cc3ccccc3)cc2C)CC1. The molecule has 2 aromatic carbocycles. The van der Waals surface area contributed by atoms with E-state index in [0.29, 0.717) is 6.42 Å². The fourth-order valence-corrected chi connectivity index (χ4v) is 3.38. The first kappa shape index (κ1) is 17.5. The van der Waals surface area contributed by atoms with Gasteiger partial charge < -0.3 is 15.1 Å². The van der Waals surface area contributed by atoms with Gasteiger partial charge >= 0.3 is 0 Å². The maximum atomic E-state index is 12.2. The van der Waals surface area contributed by atoms with Crippen LogP contribution in [0.25, 0.3) is 0 Å². The number of carbonyl (C=O) groups excluding carboxylic acids is 1. The molecule has 0 atom stereocenters. The molecule has 1 aliphatic rings. The predicted molar refractivity (Wildman–Crippen MR) is 104 cm³/mol. The molecule has 132 valence electrons. The van der Waals surface area contributed by atoms with Crippen molar-refractivity contribution in [1.29, 1.82) is 0 Å². The van der Waals surface area contributed by atoms with Crippen LogP contribution in [-0.4, -0.2) is 43.5 Å². The van der Waals surface area contributed by atoms with Crippen LogP contribution in [0.5, 0.6) is 0 Å². The molecule has 0 aromatic heterocycles. The Morgan fingerprint density at radius 1 is 1.04 bits per heavy atom. The Morgan fingerprint density at radius 3 is 2.40 bits per heavy atom. The molecule has 4 heteroatoms. The third-order valence-electron chi connectivity index (χ3n) is 4.85. The summed E-state index contributed by atoms with van der Waals surface area (Å²) in [6, 6.07) is 16.0. The highest BCUT2D eigenvalue weighted by Gasteiger charge is 2.17. The Hall–Kier alpha value is -2.33. The van der Waals surface area contributed by atoms with Crippen molar-refractivity contribution in [3.05, 3.63) is 59.7 Å². The summed E-state index contributed by atoms with van der Waals surface area (Å²) in [5.74, 6) is 0.0231. The maximum Gasteiger partial charge on any atom is 0.228 e. The molecule has 1 fully saturated rings. The molecule has 0 bridgehead atoms. The van der Waals surface area contributed by atoms with Crippen LogP contribution in [0, 0.1) is 6.92 Å².